The third-order valence-corrected chi connectivity index (χ3v) is 0.402. The van der Waals surface area contributed by atoms with Crippen LogP contribution < -0.4 is 0 Å². The van der Waals surface area contributed by atoms with Gasteiger partial charge in [-0.2, -0.15) is 0 Å². The Labute approximate surface area is 49.4 Å². The molecule has 0 aliphatic heterocycles. The van der Waals surface area contributed by atoms with E-state index in [1.807, 2.05) is 0 Å². The Bertz CT molecular complexity index is 93.1. The number of hydrogen-bond acceptors (Lipinski definition) is 2. The van der Waals surface area contributed by atoms with Crippen molar-refractivity contribution in [2.24, 2.45) is 0 Å². The molecule has 0 N–H and O–H groups in total. The fourth-order valence-electron chi connectivity index (χ4n) is 0.386. The van der Waals surface area contributed by atoms with Crippen molar-refractivity contribution in [3.8, 4) is 0 Å². The summed E-state index contributed by atoms with van der Waals surface area (Å²) in [6, 6.07) is 0. The van der Waals surface area contributed by atoms with E-state index in [1.165, 1.54) is 6.92 Å². The molecule has 3 heteroatoms. The van der Waals surface area contributed by atoms with Crippen LogP contribution in [0.2, 0.25) is 0 Å². The summed E-state index contributed by atoms with van der Waals surface area (Å²) in [5, 5.41) is 0. The van der Waals surface area contributed by atoms with E-state index >= 15 is 0 Å². The van der Waals surface area contributed by atoms with E-state index in [4.69, 9.17) is 4.84 Å². The summed E-state index contributed by atoms with van der Waals surface area (Å²) >= 11 is 0. The van der Waals surface area contributed by atoms with Gasteiger partial charge in [0.1, 0.15) is 28.1 Å². The SMILES string of the molecule is CC(=[O+])O[N+](C)(C)C. The van der Waals surface area contributed by atoms with Crippen molar-refractivity contribution in [2.75, 3.05) is 21.1 Å². The molecule has 0 aromatic carbocycles. The Kier molecular flexibility index (Phi) is 1.98. The van der Waals surface area contributed by atoms with Gasteiger partial charge < -0.3 is 0 Å². The van der Waals surface area contributed by atoms with Crippen LogP contribution in [0.15, 0.2) is 0 Å². The van der Waals surface area contributed by atoms with Crippen LogP contribution in [0.25, 0.3) is 0 Å². The van der Waals surface area contributed by atoms with E-state index in [0.717, 1.165) is 0 Å². The minimum absolute atomic E-state index is 0.231. The molecule has 0 atom stereocenters. The van der Waals surface area contributed by atoms with Crippen molar-refractivity contribution in [3.63, 3.8) is 0 Å². The zero-order valence-electron chi connectivity index (χ0n) is 5.76. The highest BCUT2D eigenvalue weighted by atomic mass is 16.7. The lowest BCUT2D eigenvalue weighted by Gasteiger charge is -2.08. The molecule has 0 spiro atoms. The van der Waals surface area contributed by atoms with Crippen LogP contribution in [0.4, 0.5) is 0 Å². The second-order valence-electron chi connectivity index (χ2n) is 2.47. The molecule has 0 aromatic rings. The van der Waals surface area contributed by atoms with Gasteiger partial charge >= 0.3 is 5.97 Å². The standard InChI is InChI=1S/C5H12NO2/c1-5(7)8-6(2,3)4/h1-4H3/q+2. The van der Waals surface area contributed by atoms with Gasteiger partial charge in [0.25, 0.3) is 0 Å². The largest absolute Gasteiger partial charge is 0.635 e. The number of quaternary nitrogens is 1. The summed E-state index contributed by atoms with van der Waals surface area (Å²) in [5.41, 5.74) is 0. The molecule has 0 bridgehead atoms. The average molecular weight is 118 g/mol. The van der Waals surface area contributed by atoms with E-state index in [0.29, 0.717) is 0 Å². The molecule has 0 rings (SSSR count). The van der Waals surface area contributed by atoms with Crippen LogP contribution in [0.3, 0.4) is 0 Å². The fraction of sp³-hybridized carbons (Fsp3) is 0.800. The Morgan fingerprint density at radius 3 is 1.75 bits per heavy atom. The lowest BCUT2D eigenvalue weighted by molar-refractivity contribution is -1.04. The Morgan fingerprint density at radius 1 is 1.38 bits per heavy atom. The maximum Gasteiger partial charge on any atom is 0.635 e. The average Bonchev–Trinajstić information content (AvgIpc) is 1.21. The molecule has 0 unspecified atom stereocenters. The molecule has 0 heterocycles. The summed E-state index contributed by atoms with van der Waals surface area (Å²) in [7, 11) is 5.34. The summed E-state index contributed by atoms with van der Waals surface area (Å²) < 4.78 is 0.231. The smallest absolute Gasteiger partial charge is 0.0875 e. The fourth-order valence-corrected chi connectivity index (χ4v) is 0.386. The highest BCUT2D eigenvalue weighted by Gasteiger charge is 2.23. The number of carbonyl (C=O) groups is 1. The van der Waals surface area contributed by atoms with Crippen LogP contribution in [-0.4, -0.2) is 31.8 Å². The minimum atomic E-state index is -0.252. The molecular weight excluding hydrogens is 106 g/mol. The molecule has 8 heavy (non-hydrogen) atoms. The normalized spacial score (nSPS) is 11.0. The number of hydrogen-bond donors (Lipinski definition) is 0. The van der Waals surface area contributed by atoms with Crippen LogP contribution in [0.1, 0.15) is 6.92 Å². The zero-order valence-corrected chi connectivity index (χ0v) is 5.76. The number of rotatable bonds is 1. The van der Waals surface area contributed by atoms with Gasteiger partial charge in [-0.1, -0.05) is 9.48 Å². The molecule has 0 aliphatic rings. The summed E-state index contributed by atoms with van der Waals surface area (Å²) in [4.78, 5) is 15.0. The third kappa shape index (κ3) is 5.43. The first-order chi connectivity index (χ1) is 3.42. The first kappa shape index (κ1) is 7.43. The first-order valence-electron chi connectivity index (χ1n) is 2.43. The predicted octanol–water partition coefficient (Wildman–Crippen LogP) is 0.171. The Hall–Kier alpha value is -0.570. The zero-order chi connectivity index (χ0) is 6.78. The van der Waals surface area contributed by atoms with Crippen molar-refractivity contribution in [1.29, 1.82) is 0 Å². The van der Waals surface area contributed by atoms with Crippen LogP contribution in [-0.2, 0) is 9.63 Å². The van der Waals surface area contributed by atoms with E-state index in [1.54, 1.807) is 21.1 Å². The van der Waals surface area contributed by atoms with Gasteiger partial charge in [-0.05, 0) is 0 Å². The Balaban J connectivity index is 3.55. The van der Waals surface area contributed by atoms with Gasteiger partial charge in [-0.25, -0.2) is 0 Å². The molecule has 47 valence electrons. The van der Waals surface area contributed by atoms with Crippen molar-refractivity contribution in [2.45, 2.75) is 6.92 Å². The molecule has 3 nitrogen and oxygen atoms in total. The summed E-state index contributed by atoms with van der Waals surface area (Å²) in [6.45, 7) is 1.39. The van der Waals surface area contributed by atoms with E-state index in [-0.39, 0.29) is 10.6 Å². The molecule has 1 radical (unpaired) electrons. The van der Waals surface area contributed by atoms with Crippen LogP contribution in [0, 0.1) is 0 Å². The number of hydroxylamine groups is 3. The van der Waals surface area contributed by atoms with E-state index in [9.17, 15) is 4.79 Å². The van der Waals surface area contributed by atoms with Crippen molar-refractivity contribution in [1.82, 2.24) is 0 Å². The van der Waals surface area contributed by atoms with Crippen LogP contribution >= 0.6 is 0 Å². The molecule has 0 amide bonds. The lowest BCUT2D eigenvalue weighted by atomic mass is 10.8. The lowest BCUT2D eigenvalue weighted by Crippen LogP contribution is -2.36. The Morgan fingerprint density at radius 2 is 1.75 bits per heavy atom. The predicted molar refractivity (Wildman–Crippen MR) is 29.8 cm³/mol. The van der Waals surface area contributed by atoms with Gasteiger partial charge in [0.15, 0.2) is 0 Å². The topological polar surface area (TPSA) is 29.1 Å². The van der Waals surface area contributed by atoms with Crippen LogP contribution in [0.5, 0.6) is 0 Å². The maximum atomic E-state index is 10.2. The summed E-state index contributed by atoms with van der Waals surface area (Å²) in [6.07, 6.45) is 0. The summed E-state index contributed by atoms with van der Waals surface area (Å²) in [5.74, 6) is -0.252. The monoisotopic (exact) mass is 118 g/mol. The third-order valence-electron chi connectivity index (χ3n) is 0.402. The van der Waals surface area contributed by atoms with E-state index in [2.05, 4.69) is 0 Å². The van der Waals surface area contributed by atoms with Crippen molar-refractivity contribution < 1.29 is 14.3 Å². The van der Waals surface area contributed by atoms with Gasteiger partial charge in [-0.15, -0.1) is 0 Å². The second kappa shape index (κ2) is 2.13. The van der Waals surface area contributed by atoms with Gasteiger partial charge in [0.2, 0.25) is 0 Å². The molecule has 0 saturated carbocycles. The van der Waals surface area contributed by atoms with Crippen molar-refractivity contribution in [3.05, 3.63) is 0 Å². The quantitative estimate of drug-likeness (QED) is 0.279. The molecule has 0 aliphatic carbocycles. The highest BCUT2D eigenvalue weighted by molar-refractivity contribution is 5.65. The molecule has 0 aromatic heterocycles. The minimum Gasteiger partial charge on any atom is -0.0875 e. The van der Waals surface area contributed by atoms with E-state index < -0.39 is 0 Å². The van der Waals surface area contributed by atoms with Gasteiger partial charge in [0.05, 0.1) is 4.79 Å². The second-order valence-corrected chi connectivity index (χ2v) is 2.47. The van der Waals surface area contributed by atoms with Gasteiger partial charge in [-0.3, -0.25) is 0 Å². The number of nitrogens with zero attached hydrogens (tertiary/aromatic N) is 1. The molecule has 0 saturated heterocycles. The van der Waals surface area contributed by atoms with Gasteiger partial charge in [0, 0.05) is 0 Å². The van der Waals surface area contributed by atoms with Crippen molar-refractivity contribution >= 4 is 5.97 Å². The molecule has 0 fully saturated rings. The maximum absolute atomic E-state index is 10.2. The first-order valence-corrected chi connectivity index (χ1v) is 2.43. The molecular formula is C5H12NO2+2. The highest BCUT2D eigenvalue weighted by Crippen LogP contribution is 1.90. The number of carbonyl (C=O) groups excluding carboxylic acids is 1.